The molecule has 0 saturated heterocycles. The molecule has 4 heteroatoms. The van der Waals surface area contributed by atoms with Crippen molar-refractivity contribution in [1.82, 2.24) is 10.2 Å². The molecule has 1 aliphatic rings. The van der Waals surface area contributed by atoms with Gasteiger partial charge in [0, 0.05) is 25.7 Å². The SMILES string of the molecule is CCC(C)CC(CC)NCC1=CCN(C(=O)OC(C)(C)C)CC1. The first-order valence-corrected chi connectivity index (χ1v) is 9.14. The summed E-state index contributed by atoms with van der Waals surface area (Å²) in [6, 6.07) is 0.592. The van der Waals surface area contributed by atoms with E-state index >= 15 is 0 Å². The molecule has 0 aromatic heterocycles. The molecule has 0 spiro atoms. The summed E-state index contributed by atoms with van der Waals surface area (Å²) in [4.78, 5) is 13.8. The van der Waals surface area contributed by atoms with Gasteiger partial charge in [-0.3, -0.25) is 0 Å². The third kappa shape index (κ3) is 7.87. The summed E-state index contributed by atoms with van der Waals surface area (Å²) >= 11 is 0. The maximum absolute atomic E-state index is 12.0. The predicted octanol–water partition coefficient (Wildman–Crippen LogP) is 4.36. The third-order valence-electron chi connectivity index (χ3n) is 4.45. The van der Waals surface area contributed by atoms with Crippen LogP contribution < -0.4 is 5.32 Å². The minimum atomic E-state index is -0.424. The fraction of sp³-hybridized carbons (Fsp3) is 0.842. The number of rotatable bonds is 7. The summed E-state index contributed by atoms with van der Waals surface area (Å²) in [7, 11) is 0. The quantitative estimate of drug-likeness (QED) is 0.708. The number of carbonyl (C=O) groups is 1. The molecule has 0 aliphatic carbocycles. The van der Waals surface area contributed by atoms with Crippen LogP contribution in [0, 0.1) is 5.92 Å². The van der Waals surface area contributed by atoms with Gasteiger partial charge in [-0.25, -0.2) is 4.79 Å². The lowest BCUT2D eigenvalue weighted by atomic mass is 9.97. The van der Waals surface area contributed by atoms with Crippen LogP contribution in [0.25, 0.3) is 0 Å². The molecule has 1 amide bonds. The van der Waals surface area contributed by atoms with Crippen molar-refractivity contribution in [2.24, 2.45) is 5.92 Å². The Morgan fingerprint density at radius 1 is 1.35 bits per heavy atom. The Morgan fingerprint density at radius 2 is 2.04 bits per heavy atom. The van der Waals surface area contributed by atoms with Crippen LogP contribution in [-0.2, 0) is 4.74 Å². The normalized spacial score (nSPS) is 18.3. The lowest BCUT2D eigenvalue weighted by molar-refractivity contribution is 0.0265. The van der Waals surface area contributed by atoms with E-state index in [2.05, 4.69) is 32.2 Å². The Hall–Kier alpha value is -1.03. The first kappa shape index (κ1) is 20.0. The van der Waals surface area contributed by atoms with Crippen molar-refractivity contribution in [2.45, 2.75) is 78.9 Å². The zero-order valence-electron chi connectivity index (χ0n) is 15.9. The van der Waals surface area contributed by atoms with Gasteiger partial charge in [0.05, 0.1) is 0 Å². The van der Waals surface area contributed by atoms with Gasteiger partial charge in [-0.05, 0) is 46.0 Å². The van der Waals surface area contributed by atoms with Gasteiger partial charge in [-0.2, -0.15) is 0 Å². The highest BCUT2D eigenvalue weighted by molar-refractivity contribution is 5.68. The lowest BCUT2D eigenvalue weighted by Gasteiger charge is -2.30. The van der Waals surface area contributed by atoms with Gasteiger partial charge in [0.2, 0.25) is 0 Å². The maximum atomic E-state index is 12.0. The zero-order chi connectivity index (χ0) is 17.5. The first-order valence-electron chi connectivity index (χ1n) is 9.14. The second-order valence-corrected chi connectivity index (χ2v) is 7.77. The van der Waals surface area contributed by atoms with Gasteiger partial charge in [0.25, 0.3) is 0 Å². The predicted molar refractivity (Wildman–Crippen MR) is 96.7 cm³/mol. The number of hydrogen-bond donors (Lipinski definition) is 1. The molecule has 1 N–H and O–H groups in total. The van der Waals surface area contributed by atoms with E-state index in [1.807, 2.05) is 20.8 Å². The van der Waals surface area contributed by atoms with Gasteiger partial charge in [-0.1, -0.05) is 38.8 Å². The highest BCUT2D eigenvalue weighted by Gasteiger charge is 2.23. The highest BCUT2D eigenvalue weighted by Crippen LogP contribution is 2.16. The summed E-state index contributed by atoms with van der Waals surface area (Å²) in [6.45, 7) is 14.9. The third-order valence-corrected chi connectivity index (χ3v) is 4.45. The summed E-state index contributed by atoms with van der Waals surface area (Å²) in [5.41, 5.74) is 0.986. The maximum Gasteiger partial charge on any atom is 0.410 e. The van der Waals surface area contributed by atoms with E-state index in [1.54, 1.807) is 4.90 Å². The van der Waals surface area contributed by atoms with Gasteiger partial charge < -0.3 is 15.0 Å². The number of nitrogens with zero attached hydrogens (tertiary/aromatic N) is 1. The Labute approximate surface area is 142 Å². The summed E-state index contributed by atoms with van der Waals surface area (Å²) in [5, 5.41) is 3.68. The monoisotopic (exact) mass is 324 g/mol. The van der Waals surface area contributed by atoms with E-state index in [0.717, 1.165) is 25.4 Å². The molecule has 4 nitrogen and oxygen atoms in total. The second-order valence-electron chi connectivity index (χ2n) is 7.77. The Bertz CT molecular complexity index is 399. The molecule has 2 atom stereocenters. The van der Waals surface area contributed by atoms with Crippen LogP contribution in [0.5, 0.6) is 0 Å². The lowest BCUT2D eigenvalue weighted by Crippen LogP contribution is -2.40. The molecular weight excluding hydrogens is 288 g/mol. The highest BCUT2D eigenvalue weighted by atomic mass is 16.6. The van der Waals surface area contributed by atoms with Crippen molar-refractivity contribution in [3.05, 3.63) is 11.6 Å². The average Bonchev–Trinajstić information content (AvgIpc) is 2.49. The van der Waals surface area contributed by atoms with Crippen LogP contribution in [0.2, 0.25) is 0 Å². The van der Waals surface area contributed by atoms with Crippen molar-refractivity contribution in [2.75, 3.05) is 19.6 Å². The Morgan fingerprint density at radius 3 is 2.52 bits per heavy atom. The molecule has 0 fully saturated rings. The van der Waals surface area contributed by atoms with Crippen molar-refractivity contribution in [1.29, 1.82) is 0 Å². The molecule has 1 aliphatic heterocycles. The molecule has 0 aromatic carbocycles. The molecule has 2 unspecified atom stereocenters. The van der Waals surface area contributed by atoms with Crippen LogP contribution in [0.15, 0.2) is 11.6 Å². The van der Waals surface area contributed by atoms with Crippen LogP contribution in [0.1, 0.15) is 67.2 Å². The van der Waals surface area contributed by atoms with Crippen LogP contribution in [-0.4, -0.2) is 42.3 Å². The van der Waals surface area contributed by atoms with E-state index < -0.39 is 5.60 Å². The van der Waals surface area contributed by atoms with Gasteiger partial charge in [0.15, 0.2) is 0 Å². The zero-order valence-corrected chi connectivity index (χ0v) is 15.9. The van der Waals surface area contributed by atoms with Gasteiger partial charge in [-0.15, -0.1) is 0 Å². The van der Waals surface area contributed by atoms with E-state index in [0.29, 0.717) is 12.6 Å². The second kappa shape index (κ2) is 9.31. The number of nitrogens with one attached hydrogen (secondary N) is 1. The largest absolute Gasteiger partial charge is 0.444 e. The van der Waals surface area contributed by atoms with Crippen LogP contribution in [0.3, 0.4) is 0 Å². The van der Waals surface area contributed by atoms with Crippen molar-refractivity contribution < 1.29 is 9.53 Å². The van der Waals surface area contributed by atoms with E-state index in [-0.39, 0.29) is 6.09 Å². The molecule has 0 saturated carbocycles. The minimum absolute atomic E-state index is 0.205. The van der Waals surface area contributed by atoms with Crippen LogP contribution in [0.4, 0.5) is 4.79 Å². The summed E-state index contributed by atoms with van der Waals surface area (Å²) in [6.07, 6.45) is 6.56. The first-order chi connectivity index (χ1) is 10.7. The standard InChI is InChI=1S/C19H36N2O2/c1-7-15(3)13-17(8-2)20-14-16-9-11-21(12-10-16)18(22)23-19(4,5)6/h9,15,17,20H,7-8,10-14H2,1-6H3. The van der Waals surface area contributed by atoms with Crippen molar-refractivity contribution >= 4 is 6.09 Å². The summed E-state index contributed by atoms with van der Waals surface area (Å²) in [5.74, 6) is 0.774. The van der Waals surface area contributed by atoms with E-state index in [9.17, 15) is 4.79 Å². The molecule has 1 rings (SSSR count). The fourth-order valence-corrected chi connectivity index (χ4v) is 2.69. The van der Waals surface area contributed by atoms with Gasteiger partial charge >= 0.3 is 6.09 Å². The molecule has 1 heterocycles. The molecular formula is C19H36N2O2. The van der Waals surface area contributed by atoms with E-state index in [4.69, 9.17) is 4.74 Å². The number of ether oxygens (including phenoxy) is 1. The molecule has 0 aromatic rings. The Balaban J connectivity index is 2.39. The van der Waals surface area contributed by atoms with Crippen LogP contribution >= 0.6 is 0 Å². The molecule has 134 valence electrons. The van der Waals surface area contributed by atoms with Crippen molar-refractivity contribution in [3.63, 3.8) is 0 Å². The van der Waals surface area contributed by atoms with E-state index in [1.165, 1.54) is 24.8 Å². The smallest absolute Gasteiger partial charge is 0.410 e. The molecule has 0 bridgehead atoms. The summed E-state index contributed by atoms with van der Waals surface area (Å²) < 4.78 is 5.43. The number of amides is 1. The van der Waals surface area contributed by atoms with Crippen molar-refractivity contribution in [3.8, 4) is 0 Å². The van der Waals surface area contributed by atoms with Gasteiger partial charge in [0.1, 0.15) is 5.60 Å². The molecule has 23 heavy (non-hydrogen) atoms. The minimum Gasteiger partial charge on any atom is -0.444 e. The number of carbonyl (C=O) groups excluding carboxylic acids is 1. The molecule has 0 radical (unpaired) electrons. The fourth-order valence-electron chi connectivity index (χ4n) is 2.69. The Kier molecular flexibility index (Phi) is 8.10. The average molecular weight is 325 g/mol. The number of hydrogen-bond acceptors (Lipinski definition) is 3. The topological polar surface area (TPSA) is 41.6 Å².